The summed E-state index contributed by atoms with van der Waals surface area (Å²) in [7, 11) is 0. The van der Waals surface area contributed by atoms with Crippen LogP contribution < -0.4 is 11.1 Å². The Morgan fingerprint density at radius 3 is 2.73 bits per heavy atom. The zero-order valence-electron chi connectivity index (χ0n) is 8.50. The first-order valence-electron chi connectivity index (χ1n) is 5.18. The largest absolute Gasteiger partial charge is 0.399 e. The zero-order valence-corrected chi connectivity index (χ0v) is 10.9. The molecule has 1 heterocycles. The van der Waals surface area contributed by atoms with Gasteiger partial charge >= 0.3 is 0 Å². The van der Waals surface area contributed by atoms with Crippen molar-refractivity contribution in [2.45, 2.75) is 23.0 Å². The summed E-state index contributed by atoms with van der Waals surface area (Å²) in [4.78, 5) is 1.30. The Morgan fingerprint density at radius 1 is 1.33 bits per heavy atom. The monoisotopic (exact) mass is 286 g/mol. The first-order valence-corrected chi connectivity index (χ1v) is 6.85. The zero-order chi connectivity index (χ0) is 10.7. The molecule has 2 nitrogen and oxygen atoms in total. The van der Waals surface area contributed by atoms with E-state index in [0.717, 1.165) is 28.5 Å². The third kappa shape index (κ3) is 3.13. The van der Waals surface area contributed by atoms with Gasteiger partial charge in [0.05, 0.1) is 0 Å². The van der Waals surface area contributed by atoms with E-state index in [1.54, 1.807) is 0 Å². The number of nitrogens with one attached hydrogen (secondary N) is 1. The molecule has 0 aliphatic carbocycles. The number of hydrogen-bond donors (Lipinski definition) is 2. The summed E-state index contributed by atoms with van der Waals surface area (Å²) in [6.07, 6.45) is 2.50. The summed E-state index contributed by atoms with van der Waals surface area (Å²) in [6.45, 7) is 2.29. The van der Waals surface area contributed by atoms with Crippen molar-refractivity contribution in [3.8, 4) is 0 Å². The molecular weight excluding hydrogens is 272 g/mol. The number of rotatable bonds is 2. The second kappa shape index (κ2) is 5.23. The number of nitrogen functional groups attached to an aromatic ring is 1. The number of piperidine rings is 1. The Morgan fingerprint density at radius 2 is 2.07 bits per heavy atom. The van der Waals surface area contributed by atoms with Gasteiger partial charge in [-0.1, -0.05) is 0 Å². The smallest absolute Gasteiger partial charge is 0.0331 e. The van der Waals surface area contributed by atoms with Crippen LogP contribution >= 0.6 is 27.7 Å². The Kier molecular flexibility index (Phi) is 3.94. The molecule has 3 N–H and O–H groups in total. The average Bonchev–Trinajstić information content (AvgIpc) is 2.24. The van der Waals surface area contributed by atoms with Crippen molar-refractivity contribution in [3.63, 3.8) is 0 Å². The number of thioether (sulfide) groups is 1. The second-order valence-electron chi connectivity index (χ2n) is 3.76. The lowest BCUT2D eigenvalue weighted by molar-refractivity contribution is 0.531. The lowest BCUT2D eigenvalue weighted by atomic mass is 10.2. The second-order valence-corrected chi connectivity index (χ2v) is 5.95. The van der Waals surface area contributed by atoms with E-state index in [0.29, 0.717) is 0 Å². The van der Waals surface area contributed by atoms with E-state index < -0.39 is 0 Å². The molecule has 0 spiro atoms. The van der Waals surface area contributed by atoms with Crippen LogP contribution in [0.3, 0.4) is 0 Å². The predicted octanol–water partition coefficient (Wildman–Crippen LogP) is 2.88. The molecule has 0 bridgehead atoms. The predicted molar refractivity (Wildman–Crippen MR) is 70.3 cm³/mol. The number of hydrogen-bond acceptors (Lipinski definition) is 3. The molecule has 0 unspecified atom stereocenters. The third-order valence-corrected chi connectivity index (χ3v) is 4.87. The van der Waals surface area contributed by atoms with Crippen LogP contribution in [0.1, 0.15) is 12.8 Å². The van der Waals surface area contributed by atoms with Crippen LogP contribution in [-0.4, -0.2) is 18.3 Å². The number of benzene rings is 1. The molecule has 1 saturated heterocycles. The highest BCUT2D eigenvalue weighted by Crippen LogP contribution is 2.34. The van der Waals surface area contributed by atoms with Crippen molar-refractivity contribution in [1.29, 1.82) is 0 Å². The summed E-state index contributed by atoms with van der Waals surface area (Å²) in [6, 6.07) is 6.05. The molecule has 4 heteroatoms. The van der Waals surface area contributed by atoms with Crippen LogP contribution in [-0.2, 0) is 0 Å². The molecule has 0 saturated carbocycles. The summed E-state index contributed by atoms with van der Waals surface area (Å²) in [5.74, 6) is 0. The van der Waals surface area contributed by atoms with Gasteiger partial charge in [0, 0.05) is 20.3 Å². The van der Waals surface area contributed by atoms with Crippen LogP contribution in [0, 0.1) is 0 Å². The van der Waals surface area contributed by atoms with Crippen LogP contribution in [0.25, 0.3) is 0 Å². The molecule has 2 rings (SSSR count). The Labute approximate surface area is 103 Å². The minimum absolute atomic E-state index is 0.742. The Hall–Kier alpha value is -0.190. The van der Waals surface area contributed by atoms with Crippen LogP contribution in [0.4, 0.5) is 5.69 Å². The van der Waals surface area contributed by atoms with E-state index in [4.69, 9.17) is 5.73 Å². The molecule has 82 valence electrons. The van der Waals surface area contributed by atoms with Gasteiger partial charge < -0.3 is 11.1 Å². The normalized spacial score (nSPS) is 17.9. The molecule has 0 aromatic heterocycles. The van der Waals surface area contributed by atoms with Crippen molar-refractivity contribution >= 4 is 33.4 Å². The van der Waals surface area contributed by atoms with E-state index in [9.17, 15) is 0 Å². The van der Waals surface area contributed by atoms with Gasteiger partial charge in [-0.25, -0.2) is 0 Å². The minimum atomic E-state index is 0.742. The van der Waals surface area contributed by atoms with E-state index in [-0.39, 0.29) is 0 Å². The summed E-state index contributed by atoms with van der Waals surface area (Å²) < 4.78 is 1.12. The Balaban J connectivity index is 2.03. The topological polar surface area (TPSA) is 38.0 Å². The first kappa shape index (κ1) is 11.3. The highest BCUT2D eigenvalue weighted by atomic mass is 79.9. The van der Waals surface area contributed by atoms with E-state index in [2.05, 4.69) is 27.3 Å². The van der Waals surface area contributed by atoms with E-state index >= 15 is 0 Å². The van der Waals surface area contributed by atoms with Gasteiger partial charge in [-0.05, 0) is 60.1 Å². The van der Waals surface area contributed by atoms with Crippen molar-refractivity contribution in [2.24, 2.45) is 0 Å². The molecule has 1 aromatic carbocycles. The maximum atomic E-state index is 5.71. The standard InChI is InChI=1S/C11H15BrN2S/c12-10-7-8(13)1-2-11(10)15-9-3-5-14-6-4-9/h1-2,7,9,14H,3-6,13H2. The van der Waals surface area contributed by atoms with Gasteiger partial charge in [0.15, 0.2) is 0 Å². The molecule has 1 fully saturated rings. The van der Waals surface area contributed by atoms with Crippen molar-refractivity contribution < 1.29 is 0 Å². The van der Waals surface area contributed by atoms with Crippen molar-refractivity contribution in [2.75, 3.05) is 18.8 Å². The quantitative estimate of drug-likeness (QED) is 0.821. The number of nitrogens with two attached hydrogens (primary N) is 1. The fourth-order valence-corrected chi connectivity index (χ4v) is 3.53. The van der Waals surface area contributed by atoms with Crippen molar-refractivity contribution in [1.82, 2.24) is 5.32 Å². The third-order valence-electron chi connectivity index (χ3n) is 2.54. The highest BCUT2D eigenvalue weighted by Gasteiger charge is 2.15. The molecule has 1 aliphatic rings. The van der Waals surface area contributed by atoms with Crippen molar-refractivity contribution in [3.05, 3.63) is 22.7 Å². The maximum absolute atomic E-state index is 5.71. The maximum Gasteiger partial charge on any atom is 0.0331 e. The summed E-state index contributed by atoms with van der Waals surface area (Å²) in [5, 5.41) is 4.12. The summed E-state index contributed by atoms with van der Waals surface area (Å²) >= 11 is 5.51. The fourth-order valence-electron chi connectivity index (χ4n) is 1.71. The van der Waals surface area contributed by atoms with Gasteiger partial charge in [0.25, 0.3) is 0 Å². The molecule has 1 aliphatic heterocycles. The van der Waals surface area contributed by atoms with Gasteiger partial charge in [-0.15, -0.1) is 11.8 Å². The van der Waals surface area contributed by atoms with E-state index in [1.165, 1.54) is 17.7 Å². The van der Waals surface area contributed by atoms with E-state index in [1.807, 2.05) is 23.9 Å². The SMILES string of the molecule is Nc1ccc(SC2CCNCC2)c(Br)c1. The average molecular weight is 287 g/mol. The molecule has 0 radical (unpaired) electrons. The molecule has 0 atom stereocenters. The fraction of sp³-hybridized carbons (Fsp3) is 0.455. The highest BCUT2D eigenvalue weighted by molar-refractivity contribution is 9.10. The lowest BCUT2D eigenvalue weighted by Crippen LogP contribution is -2.29. The molecule has 0 amide bonds. The number of halogens is 1. The first-order chi connectivity index (χ1) is 7.25. The van der Waals surface area contributed by atoms with Gasteiger partial charge in [-0.3, -0.25) is 0 Å². The van der Waals surface area contributed by atoms with Crippen LogP contribution in [0.2, 0.25) is 0 Å². The minimum Gasteiger partial charge on any atom is -0.399 e. The summed E-state index contributed by atoms with van der Waals surface area (Å²) in [5.41, 5.74) is 6.53. The van der Waals surface area contributed by atoms with Crippen LogP contribution in [0.5, 0.6) is 0 Å². The van der Waals surface area contributed by atoms with Gasteiger partial charge in [0.1, 0.15) is 0 Å². The van der Waals surface area contributed by atoms with Gasteiger partial charge in [0.2, 0.25) is 0 Å². The van der Waals surface area contributed by atoms with Crippen LogP contribution in [0.15, 0.2) is 27.6 Å². The number of anilines is 1. The van der Waals surface area contributed by atoms with Gasteiger partial charge in [-0.2, -0.15) is 0 Å². The molecule has 15 heavy (non-hydrogen) atoms. The molecule has 1 aromatic rings. The molecular formula is C11H15BrN2S. The Bertz CT molecular complexity index is 337. The lowest BCUT2D eigenvalue weighted by Gasteiger charge is -2.22.